The van der Waals surface area contributed by atoms with E-state index in [1.54, 1.807) is 0 Å². The summed E-state index contributed by atoms with van der Waals surface area (Å²) in [6.45, 7) is -0.123. The fourth-order valence-corrected chi connectivity index (χ4v) is 0.979. The first kappa shape index (κ1) is 12.7. The quantitative estimate of drug-likeness (QED) is 0.354. The molecule has 0 unspecified atom stereocenters. The van der Waals surface area contributed by atoms with Crippen LogP contribution >= 0.6 is 0 Å². The highest BCUT2D eigenvalue weighted by molar-refractivity contribution is 5.47. The molecule has 0 aromatic carbocycles. The maximum Gasteiger partial charge on any atom is 0.419 e. The zero-order valence-corrected chi connectivity index (χ0v) is 8.36. The van der Waals surface area contributed by atoms with Gasteiger partial charge in [0, 0.05) is 16.7 Å². The Hall–Kier alpha value is -2.39. The molecule has 0 bridgehead atoms. The minimum Gasteiger partial charge on any atom is -0.383 e. The largest absolute Gasteiger partial charge is 0.419 e. The lowest BCUT2D eigenvalue weighted by atomic mass is 10.2. The Kier molecular flexibility index (Phi) is 3.80. The van der Waals surface area contributed by atoms with Crippen LogP contribution in [0.15, 0.2) is 17.4 Å². The molecule has 0 saturated carbocycles. The molecule has 2 N–H and O–H groups in total. The molecule has 1 aromatic heterocycles. The van der Waals surface area contributed by atoms with Crippen molar-refractivity contribution in [3.63, 3.8) is 0 Å². The van der Waals surface area contributed by atoms with E-state index >= 15 is 0 Å². The lowest BCUT2D eigenvalue weighted by Gasteiger charge is -2.08. The highest BCUT2D eigenvalue weighted by Gasteiger charge is 2.33. The van der Waals surface area contributed by atoms with Crippen molar-refractivity contribution >= 4 is 5.82 Å². The summed E-state index contributed by atoms with van der Waals surface area (Å²) in [4.78, 5) is 5.84. The highest BCUT2D eigenvalue weighted by atomic mass is 19.4. The Morgan fingerprint density at radius 1 is 1.53 bits per heavy atom. The molecule has 1 aromatic rings. The van der Waals surface area contributed by atoms with Gasteiger partial charge in [0.2, 0.25) is 0 Å². The van der Waals surface area contributed by atoms with Crippen molar-refractivity contribution in [1.29, 1.82) is 0 Å². The monoisotopic (exact) mass is 241 g/mol. The predicted octanol–water partition coefficient (Wildman–Crippen LogP) is 2.34. The van der Waals surface area contributed by atoms with Gasteiger partial charge in [-0.05, 0) is 11.6 Å². The van der Waals surface area contributed by atoms with Crippen LogP contribution in [0.2, 0.25) is 0 Å². The molecule has 88 valence electrons. The Morgan fingerprint density at radius 2 is 2.24 bits per heavy atom. The number of hydrogen-bond donors (Lipinski definition) is 1. The number of rotatable bonds is 1. The van der Waals surface area contributed by atoms with Crippen LogP contribution < -0.4 is 5.73 Å². The van der Waals surface area contributed by atoms with Gasteiger partial charge in [0.05, 0.1) is 12.1 Å². The van der Waals surface area contributed by atoms with E-state index in [4.69, 9.17) is 11.3 Å². The number of nitrogens with two attached hydrogens (primary N) is 1. The van der Waals surface area contributed by atoms with Crippen LogP contribution in [0.4, 0.5) is 19.0 Å². The molecule has 5 nitrogen and oxygen atoms in total. The average molecular weight is 241 g/mol. The van der Waals surface area contributed by atoms with Gasteiger partial charge >= 0.3 is 6.18 Å². The van der Waals surface area contributed by atoms with Crippen molar-refractivity contribution in [3.05, 3.63) is 33.8 Å². The summed E-state index contributed by atoms with van der Waals surface area (Å²) in [5.41, 5.74) is 12.1. The van der Waals surface area contributed by atoms with Gasteiger partial charge in [-0.15, -0.1) is 0 Å². The van der Waals surface area contributed by atoms with Crippen LogP contribution in [-0.2, 0) is 6.18 Å². The molecule has 0 saturated heterocycles. The lowest BCUT2D eigenvalue weighted by Crippen LogP contribution is -2.10. The summed E-state index contributed by atoms with van der Waals surface area (Å²) in [5.74, 6) is 4.17. The first-order chi connectivity index (χ1) is 7.95. The molecule has 17 heavy (non-hydrogen) atoms. The van der Waals surface area contributed by atoms with Crippen LogP contribution in [-0.4, -0.2) is 11.5 Å². The molecule has 0 aliphatic rings. The lowest BCUT2D eigenvalue weighted by molar-refractivity contribution is -0.137. The van der Waals surface area contributed by atoms with Gasteiger partial charge in [-0.1, -0.05) is 17.0 Å². The zero-order chi connectivity index (χ0) is 12.9. The zero-order valence-electron chi connectivity index (χ0n) is 8.36. The van der Waals surface area contributed by atoms with E-state index in [2.05, 4.69) is 26.9 Å². The van der Waals surface area contributed by atoms with Gasteiger partial charge < -0.3 is 5.73 Å². The Labute approximate surface area is 94.1 Å². The summed E-state index contributed by atoms with van der Waals surface area (Å²) in [7, 11) is 0. The number of aromatic nitrogens is 1. The Morgan fingerprint density at radius 3 is 2.82 bits per heavy atom. The molecule has 0 radical (unpaired) electrons. The van der Waals surface area contributed by atoms with E-state index in [1.165, 1.54) is 0 Å². The highest BCUT2D eigenvalue weighted by Crippen LogP contribution is 2.32. The predicted molar refractivity (Wildman–Crippen MR) is 54.5 cm³/mol. The number of nitrogen functional groups attached to an aromatic ring is 1. The molecule has 0 atom stereocenters. The first-order valence-electron chi connectivity index (χ1n) is 4.27. The SMILES string of the molecule is [N-]=[N+]=NCC#Cc1cnc(N)c(C(F)(F)F)c1. The number of hydrogen-bond acceptors (Lipinski definition) is 3. The summed E-state index contributed by atoms with van der Waals surface area (Å²) in [6.07, 6.45) is -3.45. The van der Waals surface area contributed by atoms with Crippen molar-refractivity contribution < 1.29 is 13.2 Å². The maximum atomic E-state index is 12.4. The molecule has 0 amide bonds. The van der Waals surface area contributed by atoms with Crippen molar-refractivity contribution in [1.82, 2.24) is 4.98 Å². The Bertz CT molecular complexity index is 520. The number of azide groups is 1. The van der Waals surface area contributed by atoms with Gasteiger partial charge in [-0.3, -0.25) is 0 Å². The molecule has 1 rings (SSSR count). The molecular formula is C9H6F3N5. The minimum absolute atomic E-state index is 0.0552. The third-order valence-electron chi connectivity index (χ3n) is 1.67. The van der Waals surface area contributed by atoms with Gasteiger partial charge in [0.25, 0.3) is 0 Å². The Balaban J connectivity index is 3.03. The van der Waals surface area contributed by atoms with Crippen LogP contribution in [0.1, 0.15) is 11.1 Å². The molecule has 8 heteroatoms. The van der Waals surface area contributed by atoms with Crippen molar-refractivity contribution in [2.75, 3.05) is 12.3 Å². The minimum atomic E-state index is -4.57. The molecular weight excluding hydrogens is 235 g/mol. The topological polar surface area (TPSA) is 87.7 Å². The summed E-state index contributed by atoms with van der Waals surface area (Å²) < 4.78 is 37.3. The summed E-state index contributed by atoms with van der Waals surface area (Å²) in [6, 6.07) is 0.797. The first-order valence-corrected chi connectivity index (χ1v) is 4.27. The van der Waals surface area contributed by atoms with Gasteiger partial charge in [-0.2, -0.15) is 13.2 Å². The number of anilines is 1. The number of alkyl halides is 3. The summed E-state index contributed by atoms with van der Waals surface area (Å²) in [5, 5.41) is 3.12. The van der Waals surface area contributed by atoms with Gasteiger partial charge in [-0.25, -0.2) is 4.98 Å². The fourth-order valence-electron chi connectivity index (χ4n) is 0.979. The van der Waals surface area contributed by atoms with E-state index in [9.17, 15) is 13.2 Å². The second kappa shape index (κ2) is 5.09. The molecule has 1 heterocycles. The second-order valence-corrected chi connectivity index (χ2v) is 2.85. The number of pyridine rings is 1. The normalized spacial score (nSPS) is 10.1. The van der Waals surface area contributed by atoms with Gasteiger partial charge in [0.1, 0.15) is 5.82 Å². The number of nitrogens with zero attached hydrogens (tertiary/aromatic N) is 4. The third kappa shape index (κ3) is 3.59. The van der Waals surface area contributed by atoms with Crippen molar-refractivity contribution in [2.45, 2.75) is 6.18 Å². The van der Waals surface area contributed by atoms with Crippen LogP contribution in [0.25, 0.3) is 10.4 Å². The molecule has 0 aliphatic heterocycles. The fraction of sp³-hybridized carbons (Fsp3) is 0.222. The van der Waals surface area contributed by atoms with E-state index in [-0.39, 0.29) is 12.1 Å². The maximum absolute atomic E-state index is 12.4. The summed E-state index contributed by atoms with van der Waals surface area (Å²) >= 11 is 0. The van der Waals surface area contributed by atoms with Crippen molar-refractivity contribution in [2.24, 2.45) is 5.11 Å². The number of halogens is 3. The molecule has 0 aliphatic carbocycles. The smallest absolute Gasteiger partial charge is 0.383 e. The standard InChI is InChI=1S/C9H6F3N5/c10-9(11,12)7-4-6(5-15-8(7)13)2-1-3-16-17-14/h4-5H,3H2,(H2,13,15). The van der Waals surface area contributed by atoms with Crippen LogP contribution in [0.3, 0.4) is 0 Å². The van der Waals surface area contributed by atoms with E-state index < -0.39 is 17.6 Å². The molecule has 0 fully saturated rings. The van der Waals surface area contributed by atoms with Crippen LogP contribution in [0.5, 0.6) is 0 Å². The van der Waals surface area contributed by atoms with Gasteiger partial charge in [0.15, 0.2) is 0 Å². The van der Waals surface area contributed by atoms with Crippen LogP contribution in [0, 0.1) is 11.8 Å². The van der Waals surface area contributed by atoms with E-state index in [0.717, 1.165) is 12.3 Å². The molecule has 0 spiro atoms. The van der Waals surface area contributed by atoms with E-state index in [1.807, 2.05) is 0 Å². The third-order valence-corrected chi connectivity index (χ3v) is 1.67. The second-order valence-electron chi connectivity index (χ2n) is 2.85. The van der Waals surface area contributed by atoms with Crippen molar-refractivity contribution in [3.8, 4) is 11.8 Å². The average Bonchev–Trinajstić information content (AvgIpc) is 2.25. The van der Waals surface area contributed by atoms with E-state index in [0.29, 0.717) is 0 Å².